The summed E-state index contributed by atoms with van der Waals surface area (Å²) < 4.78 is 13.4. The van der Waals surface area contributed by atoms with E-state index in [1.54, 1.807) is 6.07 Å². The molecule has 2 saturated heterocycles. The third-order valence-electron chi connectivity index (χ3n) is 4.36. The zero-order chi connectivity index (χ0) is 12.0. The summed E-state index contributed by atoms with van der Waals surface area (Å²) in [4.78, 5) is 2.34. The first-order chi connectivity index (χ1) is 8.11. The van der Waals surface area contributed by atoms with E-state index in [2.05, 4.69) is 4.90 Å². The lowest BCUT2D eigenvalue weighted by Gasteiger charge is -2.31. The van der Waals surface area contributed by atoms with Crippen LogP contribution in [0.3, 0.4) is 0 Å². The summed E-state index contributed by atoms with van der Waals surface area (Å²) >= 11 is 0. The van der Waals surface area contributed by atoms with Gasteiger partial charge in [-0.15, -0.1) is 0 Å². The molecule has 0 amide bonds. The van der Waals surface area contributed by atoms with Crippen molar-refractivity contribution in [3.8, 4) is 0 Å². The first-order valence-electron chi connectivity index (χ1n) is 6.34. The van der Waals surface area contributed by atoms with Gasteiger partial charge in [-0.25, -0.2) is 4.39 Å². The molecule has 1 aromatic carbocycles. The average Bonchev–Trinajstić information content (AvgIpc) is 2.87. The van der Waals surface area contributed by atoms with E-state index >= 15 is 0 Å². The third-order valence-corrected chi connectivity index (χ3v) is 4.36. The van der Waals surface area contributed by atoms with Crippen LogP contribution < -0.4 is 0 Å². The molecule has 0 radical (unpaired) electrons. The number of aryl methyl sites for hydroxylation is 1. The second-order valence-corrected chi connectivity index (χ2v) is 5.33. The summed E-state index contributed by atoms with van der Waals surface area (Å²) in [6.07, 6.45) is 2.88. The van der Waals surface area contributed by atoms with Crippen molar-refractivity contribution in [1.82, 2.24) is 4.90 Å². The van der Waals surface area contributed by atoms with Gasteiger partial charge in [-0.2, -0.15) is 0 Å². The highest BCUT2D eigenvalue weighted by Gasteiger charge is 2.49. The van der Waals surface area contributed by atoms with Gasteiger partial charge in [0.15, 0.2) is 0 Å². The molecule has 0 spiro atoms. The van der Waals surface area contributed by atoms with Crippen LogP contribution in [0.25, 0.3) is 0 Å². The fourth-order valence-corrected chi connectivity index (χ4v) is 3.49. The van der Waals surface area contributed by atoms with Gasteiger partial charge in [-0.05, 0) is 56.0 Å². The van der Waals surface area contributed by atoms with E-state index in [0.29, 0.717) is 0 Å². The highest BCUT2D eigenvalue weighted by Crippen LogP contribution is 2.43. The van der Waals surface area contributed by atoms with E-state index < -0.39 is 5.60 Å². The maximum atomic E-state index is 13.4. The summed E-state index contributed by atoms with van der Waals surface area (Å²) in [5, 5.41) is 10.9. The normalized spacial score (nSPS) is 33.0. The summed E-state index contributed by atoms with van der Waals surface area (Å²) in [7, 11) is 0. The number of aliphatic hydroxyl groups is 1. The summed E-state index contributed by atoms with van der Waals surface area (Å²) in [5.41, 5.74) is 0.928. The molecule has 92 valence electrons. The van der Waals surface area contributed by atoms with Crippen LogP contribution in [0.2, 0.25) is 0 Å². The number of nitrogens with zero attached hydrogens (tertiary/aromatic N) is 1. The molecular weight excluding hydrogens is 217 g/mol. The number of fused-ring (bicyclic) bond motifs is 1. The van der Waals surface area contributed by atoms with E-state index in [0.717, 1.165) is 43.5 Å². The molecule has 2 fully saturated rings. The Morgan fingerprint density at radius 1 is 1.41 bits per heavy atom. The third kappa shape index (κ3) is 1.60. The van der Waals surface area contributed by atoms with Gasteiger partial charge in [-0.1, -0.05) is 6.07 Å². The van der Waals surface area contributed by atoms with Gasteiger partial charge < -0.3 is 5.11 Å². The highest BCUT2D eigenvalue weighted by molar-refractivity contribution is 5.35. The van der Waals surface area contributed by atoms with Crippen LogP contribution >= 0.6 is 0 Å². The van der Waals surface area contributed by atoms with Gasteiger partial charge >= 0.3 is 0 Å². The minimum absolute atomic E-state index is 0.183. The molecule has 2 atom stereocenters. The first kappa shape index (κ1) is 11.2. The van der Waals surface area contributed by atoms with Gasteiger partial charge in [0.1, 0.15) is 11.4 Å². The van der Waals surface area contributed by atoms with Crippen LogP contribution in [-0.4, -0.2) is 29.1 Å². The van der Waals surface area contributed by atoms with E-state index in [4.69, 9.17) is 0 Å². The van der Waals surface area contributed by atoms with Gasteiger partial charge in [0.25, 0.3) is 0 Å². The molecule has 0 aliphatic carbocycles. The molecular formula is C14H18FNO. The summed E-state index contributed by atoms with van der Waals surface area (Å²) in [6.45, 7) is 3.95. The molecule has 17 heavy (non-hydrogen) atoms. The fraction of sp³-hybridized carbons (Fsp3) is 0.571. The highest BCUT2D eigenvalue weighted by atomic mass is 19.1. The fourth-order valence-electron chi connectivity index (χ4n) is 3.49. The number of halogens is 1. The first-order valence-corrected chi connectivity index (χ1v) is 6.34. The van der Waals surface area contributed by atoms with E-state index in [9.17, 15) is 9.50 Å². The minimum atomic E-state index is -0.845. The van der Waals surface area contributed by atoms with Crippen LogP contribution in [0.4, 0.5) is 4.39 Å². The maximum absolute atomic E-state index is 13.4. The van der Waals surface area contributed by atoms with Crippen LogP contribution in [0.5, 0.6) is 0 Å². The SMILES string of the molecule is Cc1ccc(F)cc1C1(O)CCN2CCCC21. The van der Waals surface area contributed by atoms with Crippen molar-refractivity contribution in [2.24, 2.45) is 0 Å². The summed E-state index contributed by atoms with van der Waals surface area (Å²) in [6, 6.07) is 4.92. The zero-order valence-corrected chi connectivity index (χ0v) is 10.1. The molecule has 1 N–H and O–H groups in total. The number of benzene rings is 1. The molecule has 2 unspecified atom stereocenters. The van der Waals surface area contributed by atoms with E-state index in [1.807, 2.05) is 6.92 Å². The van der Waals surface area contributed by atoms with Gasteiger partial charge in [-0.3, -0.25) is 4.90 Å². The number of hydrogen-bond acceptors (Lipinski definition) is 2. The molecule has 2 heterocycles. The van der Waals surface area contributed by atoms with Crippen LogP contribution in [0.1, 0.15) is 30.4 Å². The lowest BCUT2D eigenvalue weighted by Crippen LogP contribution is -2.39. The van der Waals surface area contributed by atoms with E-state index in [-0.39, 0.29) is 11.9 Å². The minimum Gasteiger partial charge on any atom is -0.383 e. The van der Waals surface area contributed by atoms with Crippen molar-refractivity contribution in [2.45, 2.75) is 37.8 Å². The lowest BCUT2D eigenvalue weighted by atomic mass is 9.83. The molecule has 3 rings (SSSR count). The molecule has 3 heteroatoms. The Kier molecular flexibility index (Phi) is 2.49. The Balaban J connectivity index is 2.05. The molecule has 1 aromatic rings. The molecule has 2 nitrogen and oxygen atoms in total. The van der Waals surface area contributed by atoms with Gasteiger partial charge in [0, 0.05) is 12.6 Å². The lowest BCUT2D eigenvalue weighted by molar-refractivity contribution is 0.00856. The summed E-state index contributed by atoms with van der Waals surface area (Å²) in [5.74, 6) is -0.254. The van der Waals surface area contributed by atoms with Crippen molar-refractivity contribution in [2.75, 3.05) is 13.1 Å². The molecule has 0 saturated carbocycles. The Labute approximate surface area is 101 Å². The van der Waals surface area contributed by atoms with Crippen molar-refractivity contribution in [3.05, 3.63) is 35.1 Å². The van der Waals surface area contributed by atoms with Crippen molar-refractivity contribution in [3.63, 3.8) is 0 Å². The van der Waals surface area contributed by atoms with Crippen molar-refractivity contribution >= 4 is 0 Å². The van der Waals surface area contributed by atoms with Crippen LogP contribution in [0.15, 0.2) is 18.2 Å². The van der Waals surface area contributed by atoms with E-state index in [1.165, 1.54) is 12.1 Å². The molecule has 0 aromatic heterocycles. The largest absolute Gasteiger partial charge is 0.383 e. The van der Waals surface area contributed by atoms with Gasteiger partial charge in [0.05, 0.1) is 0 Å². The Morgan fingerprint density at radius 3 is 3.06 bits per heavy atom. The maximum Gasteiger partial charge on any atom is 0.123 e. The average molecular weight is 235 g/mol. The predicted molar refractivity (Wildman–Crippen MR) is 64.2 cm³/mol. The zero-order valence-electron chi connectivity index (χ0n) is 10.1. The molecule has 2 aliphatic rings. The standard InChI is InChI=1S/C14H18FNO/c1-10-4-5-11(15)9-12(10)14(17)6-8-16-7-2-3-13(14)16/h4-5,9,13,17H,2-3,6-8H2,1H3. The van der Waals surface area contributed by atoms with Gasteiger partial charge in [0.2, 0.25) is 0 Å². The predicted octanol–water partition coefficient (Wildman–Crippen LogP) is 2.19. The van der Waals surface area contributed by atoms with Crippen LogP contribution in [0, 0.1) is 12.7 Å². The Morgan fingerprint density at radius 2 is 2.24 bits per heavy atom. The molecule has 2 aliphatic heterocycles. The van der Waals surface area contributed by atoms with Crippen LogP contribution in [-0.2, 0) is 5.60 Å². The van der Waals surface area contributed by atoms with Crippen molar-refractivity contribution < 1.29 is 9.50 Å². The Bertz CT molecular complexity index is 448. The monoisotopic (exact) mass is 235 g/mol. The quantitative estimate of drug-likeness (QED) is 0.806. The second-order valence-electron chi connectivity index (χ2n) is 5.33. The Hall–Kier alpha value is -0.930. The number of hydrogen-bond donors (Lipinski definition) is 1. The number of rotatable bonds is 1. The van der Waals surface area contributed by atoms with Crippen molar-refractivity contribution in [1.29, 1.82) is 0 Å². The topological polar surface area (TPSA) is 23.5 Å². The smallest absolute Gasteiger partial charge is 0.123 e. The molecule has 0 bridgehead atoms. The second kappa shape index (κ2) is 3.79.